The van der Waals surface area contributed by atoms with Gasteiger partial charge >= 0.3 is 0 Å². The lowest BCUT2D eigenvalue weighted by atomic mass is 9.97. The first-order chi connectivity index (χ1) is 10.0. The zero-order valence-electron chi connectivity index (χ0n) is 12.0. The van der Waals surface area contributed by atoms with Crippen LogP contribution in [0.15, 0.2) is 36.4 Å². The lowest BCUT2D eigenvalue weighted by Crippen LogP contribution is -2.29. The molecule has 2 aromatic rings. The number of ether oxygens (including phenoxy) is 1. The van der Waals surface area contributed by atoms with Crippen molar-refractivity contribution in [2.45, 2.75) is 19.4 Å². The molecule has 112 valence electrons. The van der Waals surface area contributed by atoms with Gasteiger partial charge in [-0.1, -0.05) is 29.3 Å². The lowest BCUT2D eigenvalue weighted by Gasteiger charge is -2.19. The summed E-state index contributed by atoms with van der Waals surface area (Å²) in [7, 11) is 1.64. The second-order valence-corrected chi connectivity index (χ2v) is 5.81. The number of aryl methyl sites for hydroxylation is 1. The number of halogens is 2. The van der Waals surface area contributed by atoms with Gasteiger partial charge in [-0.15, -0.1) is 0 Å². The van der Waals surface area contributed by atoms with E-state index in [1.807, 2.05) is 31.2 Å². The van der Waals surface area contributed by atoms with Gasteiger partial charge in [0.25, 0.3) is 0 Å². The highest BCUT2D eigenvalue weighted by atomic mass is 35.5. The van der Waals surface area contributed by atoms with E-state index in [2.05, 4.69) is 11.5 Å². The molecule has 0 radical (unpaired) electrons. The summed E-state index contributed by atoms with van der Waals surface area (Å²) in [6, 6.07) is 11.4. The summed E-state index contributed by atoms with van der Waals surface area (Å²) < 4.78 is 5.38. The third kappa shape index (κ3) is 4.11. The maximum absolute atomic E-state index is 6.12. The normalized spacial score (nSPS) is 12.2. The van der Waals surface area contributed by atoms with Crippen LogP contribution >= 0.6 is 23.2 Å². The molecule has 0 saturated heterocycles. The number of hydrogen-bond donors (Lipinski definition) is 2. The van der Waals surface area contributed by atoms with Crippen LogP contribution < -0.4 is 16.0 Å². The standard InChI is InChI=1S/C16H18Cl2N2O/c1-10-5-11(7-14(18)6-10)15(20-19)9-12-8-13(17)3-4-16(12)21-2/h3-8,15,20H,9,19H2,1-2H3. The molecule has 1 atom stereocenters. The maximum atomic E-state index is 6.12. The van der Waals surface area contributed by atoms with Gasteiger partial charge in [-0.25, -0.2) is 0 Å². The fourth-order valence-electron chi connectivity index (χ4n) is 2.37. The molecule has 0 bridgehead atoms. The van der Waals surface area contributed by atoms with E-state index in [1.165, 1.54) is 0 Å². The molecule has 0 aliphatic rings. The predicted molar refractivity (Wildman–Crippen MR) is 88.0 cm³/mol. The first kappa shape index (κ1) is 16.1. The van der Waals surface area contributed by atoms with E-state index in [-0.39, 0.29) is 6.04 Å². The highest BCUT2D eigenvalue weighted by Crippen LogP contribution is 2.29. The fourth-order valence-corrected chi connectivity index (χ4v) is 2.86. The van der Waals surface area contributed by atoms with Crippen LogP contribution in [0.4, 0.5) is 0 Å². The highest BCUT2D eigenvalue weighted by Gasteiger charge is 2.15. The number of methoxy groups -OCH3 is 1. The van der Waals surface area contributed by atoms with Gasteiger partial charge in [0.05, 0.1) is 13.2 Å². The van der Waals surface area contributed by atoms with Crippen LogP contribution in [0.2, 0.25) is 10.0 Å². The van der Waals surface area contributed by atoms with Crippen molar-refractivity contribution in [2.75, 3.05) is 7.11 Å². The molecule has 0 aliphatic carbocycles. The van der Waals surface area contributed by atoms with Gasteiger partial charge in [0.1, 0.15) is 5.75 Å². The second-order valence-electron chi connectivity index (χ2n) is 4.94. The Morgan fingerprint density at radius 2 is 1.90 bits per heavy atom. The first-order valence-electron chi connectivity index (χ1n) is 6.59. The monoisotopic (exact) mass is 324 g/mol. The summed E-state index contributed by atoms with van der Waals surface area (Å²) in [6.45, 7) is 2.00. The molecular weight excluding hydrogens is 307 g/mol. The quantitative estimate of drug-likeness (QED) is 0.644. The molecule has 2 aromatic carbocycles. The first-order valence-corrected chi connectivity index (χ1v) is 7.34. The zero-order valence-corrected chi connectivity index (χ0v) is 13.5. The Balaban J connectivity index is 2.32. The zero-order chi connectivity index (χ0) is 15.4. The van der Waals surface area contributed by atoms with Crippen LogP contribution in [-0.4, -0.2) is 7.11 Å². The SMILES string of the molecule is COc1ccc(Cl)cc1CC(NN)c1cc(C)cc(Cl)c1. The van der Waals surface area contributed by atoms with Crippen molar-refractivity contribution in [1.29, 1.82) is 0 Å². The topological polar surface area (TPSA) is 47.3 Å². The Hall–Kier alpha value is -1.26. The number of nitrogens with one attached hydrogen (secondary N) is 1. The molecule has 0 saturated carbocycles. The Morgan fingerprint density at radius 1 is 1.14 bits per heavy atom. The van der Waals surface area contributed by atoms with Crippen molar-refractivity contribution in [2.24, 2.45) is 5.84 Å². The van der Waals surface area contributed by atoms with Crippen LogP contribution in [-0.2, 0) is 6.42 Å². The van der Waals surface area contributed by atoms with Crippen molar-refractivity contribution >= 4 is 23.2 Å². The molecule has 0 heterocycles. The fraction of sp³-hybridized carbons (Fsp3) is 0.250. The van der Waals surface area contributed by atoms with E-state index in [9.17, 15) is 0 Å². The molecule has 0 fully saturated rings. The van der Waals surface area contributed by atoms with Crippen molar-refractivity contribution in [3.05, 3.63) is 63.1 Å². The Morgan fingerprint density at radius 3 is 2.52 bits per heavy atom. The maximum Gasteiger partial charge on any atom is 0.122 e. The average molecular weight is 325 g/mol. The van der Waals surface area contributed by atoms with Gasteiger partial charge in [0, 0.05) is 10.0 Å². The molecule has 21 heavy (non-hydrogen) atoms. The number of hydrazine groups is 1. The van der Waals surface area contributed by atoms with Crippen LogP contribution in [0.25, 0.3) is 0 Å². The number of hydrogen-bond acceptors (Lipinski definition) is 3. The second kappa shape index (κ2) is 7.14. The summed E-state index contributed by atoms with van der Waals surface area (Å²) in [4.78, 5) is 0. The predicted octanol–water partition coefficient (Wildman–Crippen LogP) is 4.06. The number of nitrogens with two attached hydrogens (primary N) is 1. The summed E-state index contributed by atoms with van der Waals surface area (Å²) >= 11 is 12.2. The van der Waals surface area contributed by atoms with Gasteiger partial charge in [-0.3, -0.25) is 11.3 Å². The minimum atomic E-state index is -0.0743. The molecule has 3 N–H and O–H groups in total. The molecular formula is C16H18Cl2N2O. The summed E-state index contributed by atoms with van der Waals surface area (Å²) in [5, 5.41) is 1.37. The lowest BCUT2D eigenvalue weighted by molar-refractivity contribution is 0.405. The van der Waals surface area contributed by atoms with Crippen LogP contribution in [0.1, 0.15) is 22.7 Å². The van der Waals surface area contributed by atoms with Gasteiger partial charge in [0.15, 0.2) is 0 Å². The largest absolute Gasteiger partial charge is 0.496 e. The third-order valence-corrected chi connectivity index (χ3v) is 3.79. The number of rotatable bonds is 5. The molecule has 3 nitrogen and oxygen atoms in total. The van der Waals surface area contributed by atoms with Crippen LogP contribution in [0.5, 0.6) is 5.75 Å². The smallest absolute Gasteiger partial charge is 0.122 e. The van der Waals surface area contributed by atoms with Gasteiger partial charge in [-0.2, -0.15) is 0 Å². The van der Waals surface area contributed by atoms with Gasteiger partial charge < -0.3 is 4.74 Å². The Bertz CT molecular complexity index is 611. The minimum Gasteiger partial charge on any atom is -0.496 e. The molecule has 1 unspecified atom stereocenters. The molecule has 0 spiro atoms. The number of benzene rings is 2. The highest BCUT2D eigenvalue weighted by molar-refractivity contribution is 6.31. The van der Waals surface area contributed by atoms with E-state index in [0.717, 1.165) is 22.4 Å². The third-order valence-electron chi connectivity index (χ3n) is 3.33. The van der Waals surface area contributed by atoms with Crippen molar-refractivity contribution in [1.82, 2.24) is 5.43 Å². The average Bonchev–Trinajstić information content (AvgIpc) is 2.43. The van der Waals surface area contributed by atoms with Crippen molar-refractivity contribution in [3.8, 4) is 5.75 Å². The Kier molecular flexibility index (Phi) is 5.48. The summed E-state index contributed by atoms with van der Waals surface area (Å²) in [5.41, 5.74) is 5.95. The molecule has 0 aliphatic heterocycles. The Labute approximate surface area is 135 Å². The van der Waals surface area contributed by atoms with Gasteiger partial charge in [-0.05, 0) is 60.4 Å². The summed E-state index contributed by atoms with van der Waals surface area (Å²) in [6.07, 6.45) is 0.653. The van der Waals surface area contributed by atoms with E-state index in [0.29, 0.717) is 16.5 Å². The van der Waals surface area contributed by atoms with Crippen molar-refractivity contribution in [3.63, 3.8) is 0 Å². The molecule has 2 rings (SSSR count). The van der Waals surface area contributed by atoms with E-state index in [4.69, 9.17) is 33.8 Å². The van der Waals surface area contributed by atoms with Crippen molar-refractivity contribution < 1.29 is 4.74 Å². The van der Waals surface area contributed by atoms with Crippen LogP contribution in [0, 0.1) is 6.92 Å². The van der Waals surface area contributed by atoms with Gasteiger partial charge in [0.2, 0.25) is 0 Å². The van der Waals surface area contributed by atoms with E-state index in [1.54, 1.807) is 13.2 Å². The molecule has 0 amide bonds. The van der Waals surface area contributed by atoms with E-state index >= 15 is 0 Å². The minimum absolute atomic E-state index is 0.0743. The van der Waals surface area contributed by atoms with Crippen LogP contribution in [0.3, 0.4) is 0 Å². The van der Waals surface area contributed by atoms with E-state index < -0.39 is 0 Å². The summed E-state index contributed by atoms with van der Waals surface area (Å²) in [5.74, 6) is 6.51. The molecule has 5 heteroatoms. The molecule has 0 aromatic heterocycles.